The smallest absolute Gasteiger partial charge is 0.328 e. The van der Waals surface area contributed by atoms with Gasteiger partial charge in [0, 0.05) is 17.5 Å². The molecule has 0 aliphatic heterocycles. The Kier molecular flexibility index (Phi) is 4.35. The van der Waals surface area contributed by atoms with Crippen molar-refractivity contribution in [2.24, 2.45) is 0 Å². The molecule has 0 saturated carbocycles. The third kappa shape index (κ3) is 4.89. The molecule has 0 aliphatic rings. The molecule has 1 heterocycles. The van der Waals surface area contributed by atoms with Gasteiger partial charge in [-0.3, -0.25) is 15.4 Å². The van der Waals surface area contributed by atoms with Crippen molar-refractivity contribution in [3.63, 3.8) is 0 Å². The zero-order valence-electron chi connectivity index (χ0n) is 8.76. The van der Waals surface area contributed by atoms with E-state index in [1.165, 1.54) is 11.3 Å². The van der Waals surface area contributed by atoms with Crippen LogP contribution in [0.15, 0.2) is 17.5 Å². The molecule has 3 N–H and O–H groups in total. The van der Waals surface area contributed by atoms with Crippen LogP contribution in [0.1, 0.15) is 5.69 Å². The summed E-state index contributed by atoms with van der Waals surface area (Å²) < 4.78 is 0. The summed E-state index contributed by atoms with van der Waals surface area (Å²) in [5, 5.41) is 14.6. The number of amides is 3. The fourth-order valence-corrected chi connectivity index (χ4v) is 1.52. The normalized spacial score (nSPS) is 10.2. The number of carboxylic acid groups (broad SMARTS) is 1. The highest BCUT2D eigenvalue weighted by molar-refractivity contribution is 7.13. The third-order valence-corrected chi connectivity index (χ3v) is 2.33. The van der Waals surface area contributed by atoms with Crippen LogP contribution < -0.4 is 10.6 Å². The maximum absolute atomic E-state index is 11.2. The zero-order chi connectivity index (χ0) is 12.8. The molecule has 0 bridgehead atoms. The van der Waals surface area contributed by atoms with E-state index in [1.54, 1.807) is 12.3 Å². The molecule has 1 aromatic rings. The van der Waals surface area contributed by atoms with Crippen LogP contribution in [0.4, 0.5) is 9.93 Å². The van der Waals surface area contributed by atoms with Crippen LogP contribution in [-0.2, 0) is 9.59 Å². The number of urea groups is 1. The molecule has 0 fully saturated rings. The van der Waals surface area contributed by atoms with Gasteiger partial charge in [-0.15, -0.1) is 11.3 Å². The molecule has 3 amide bonds. The Morgan fingerprint density at radius 2 is 2.12 bits per heavy atom. The summed E-state index contributed by atoms with van der Waals surface area (Å²) in [5.41, 5.74) is 0.752. The van der Waals surface area contributed by atoms with Crippen molar-refractivity contribution in [1.82, 2.24) is 10.3 Å². The Morgan fingerprint density at radius 1 is 1.41 bits per heavy atom. The first-order valence-electron chi connectivity index (χ1n) is 4.42. The van der Waals surface area contributed by atoms with Crippen LogP contribution in [0.25, 0.3) is 0 Å². The van der Waals surface area contributed by atoms with Gasteiger partial charge in [0.15, 0.2) is 5.13 Å². The van der Waals surface area contributed by atoms with Crippen molar-refractivity contribution >= 4 is 34.4 Å². The molecule has 90 valence electrons. The number of hydrogen-bond acceptors (Lipinski definition) is 5. The Bertz CT molecular complexity index is 480. The Hall–Kier alpha value is -2.22. The first-order chi connectivity index (χ1) is 7.97. The van der Waals surface area contributed by atoms with E-state index in [2.05, 4.69) is 10.3 Å². The molecule has 0 saturated heterocycles. The number of carbonyl (C=O) groups excluding carboxylic acids is 2. The molecule has 0 aromatic carbocycles. The second-order valence-corrected chi connectivity index (χ2v) is 3.77. The van der Waals surface area contributed by atoms with E-state index < -0.39 is 17.9 Å². The highest BCUT2D eigenvalue weighted by atomic mass is 32.1. The highest BCUT2D eigenvalue weighted by Gasteiger charge is 2.07. The fourth-order valence-electron chi connectivity index (χ4n) is 0.840. The van der Waals surface area contributed by atoms with E-state index in [-0.39, 0.29) is 0 Å². The lowest BCUT2D eigenvalue weighted by Crippen LogP contribution is -2.33. The minimum atomic E-state index is -1.27. The number of nitrogens with zero attached hydrogens (tertiary/aromatic N) is 1. The van der Waals surface area contributed by atoms with Gasteiger partial charge in [0.1, 0.15) is 0 Å². The molecule has 1 aromatic heterocycles. The fraction of sp³-hybridized carbons (Fsp3) is 0.111. The van der Waals surface area contributed by atoms with Gasteiger partial charge in [-0.2, -0.15) is 0 Å². The van der Waals surface area contributed by atoms with Gasteiger partial charge < -0.3 is 5.11 Å². The maximum atomic E-state index is 11.2. The predicted octanol–water partition coefficient (Wildman–Crippen LogP) is 0.740. The van der Waals surface area contributed by atoms with Crippen molar-refractivity contribution in [2.75, 3.05) is 5.32 Å². The van der Waals surface area contributed by atoms with E-state index >= 15 is 0 Å². The number of carboxylic acids is 1. The van der Waals surface area contributed by atoms with E-state index in [0.29, 0.717) is 11.2 Å². The van der Waals surface area contributed by atoms with Gasteiger partial charge in [-0.1, -0.05) is 0 Å². The number of imide groups is 1. The van der Waals surface area contributed by atoms with Crippen molar-refractivity contribution in [1.29, 1.82) is 0 Å². The lowest BCUT2D eigenvalue weighted by atomic mass is 10.5. The molecule has 0 aliphatic carbocycles. The number of carbonyl (C=O) groups is 3. The SMILES string of the molecule is Cc1csc(NC(=O)NC(=O)/C=C/C(=O)O)n1. The van der Waals surface area contributed by atoms with Crippen LogP contribution in [0.3, 0.4) is 0 Å². The third-order valence-electron chi connectivity index (χ3n) is 1.45. The zero-order valence-corrected chi connectivity index (χ0v) is 9.58. The first-order valence-corrected chi connectivity index (χ1v) is 5.30. The summed E-state index contributed by atoms with van der Waals surface area (Å²) in [6.45, 7) is 1.76. The van der Waals surface area contributed by atoms with Crippen LogP contribution in [0, 0.1) is 6.92 Å². The van der Waals surface area contributed by atoms with E-state index in [9.17, 15) is 14.4 Å². The second-order valence-electron chi connectivity index (χ2n) is 2.91. The van der Waals surface area contributed by atoms with Crippen LogP contribution in [0.5, 0.6) is 0 Å². The number of thiazole rings is 1. The average Bonchev–Trinajstić information content (AvgIpc) is 2.60. The largest absolute Gasteiger partial charge is 0.478 e. The Morgan fingerprint density at radius 3 is 2.65 bits per heavy atom. The number of nitrogens with one attached hydrogen (secondary N) is 2. The Balaban J connectivity index is 2.45. The van der Waals surface area contributed by atoms with Crippen molar-refractivity contribution in [3.8, 4) is 0 Å². The van der Waals surface area contributed by atoms with Gasteiger partial charge in [-0.05, 0) is 6.92 Å². The lowest BCUT2D eigenvalue weighted by Gasteiger charge is -2.00. The van der Waals surface area contributed by atoms with Crippen LogP contribution in [-0.4, -0.2) is 28.0 Å². The summed E-state index contributed by atoms with van der Waals surface area (Å²) >= 11 is 1.22. The van der Waals surface area contributed by atoms with Gasteiger partial charge in [0.25, 0.3) is 5.91 Å². The molecular formula is C9H9N3O4S. The average molecular weight is 255 g/mol. The number of aryl methyl sites for hydroxylation is 1. The summed E-state index contributed by atoms with van der Waals surface area (Å²) in [5.74, 6) is -2.09. The maximum Gasteiger partial charge on any atom is 0.328 e. The summed E-state index contributed by atoms with van der Waals surface area (Å²) in [4.78, 5) is 36.3. The minimum absolute atomic E-state index is 0.356. The van der Waals surface area contributed by atoms with E-state index in [0.717, 1.165) is 11.8 Å². The van der Waals surface area contributed by atoms with Crippen LogP contribution in [0.2, 0.25) is 0 Å². The van der Waals surface area contributed by atoms with Crippen molar-refractivity contribution < 1.29 is 19.5 Å². The van der Waals surface area contributed by atoms with Crippen molar-refractivity contribution in [2.45, 2.75) is 6.92 Å². The second kappa shape index (κ2) is 5.75. The molecule has 1 rings (SSSR count). The highest BCUT2D eigenvalue weighted by Crippen LogP contribution is 2.13. The molecular weight excluding hydrogens is 246 g/mol. The van der Waals surface area contributed by atoms with Crippen LogP contribution >= 0.6 is 11.3 Å². The summed E-state index contributed by atoms with van der Waals surface area (Å²) in [6, 6.07) is -0.764. The number of aromatic nitrogens is 1. The molecule has 7 nitrogen and oxygen atoms in total. The number of hydrogen-bond donors (Lipinski definition) is 3. The van der Waals surface area contributed by atoms with Crippen molar-refractivity contribution in [3.05, 3.63) is 23.2 Å². The molecule has 17 heavy (non-hydrogen) atoms. The quantitative estimate of drug-likeness (QED) is 0.690. The first kappa shape index (κ1) is 12.8. The number of anilines is 1. The summed E-state index contributed by atoms with van der Waals surface area (Å²) in [7, 11) is 0. The topological polar surface area (TPSA) is 108 Å². The molecule has 0 atom stereocenters. The molecule has 0 radical (unpaired) electrons. The summed E-state index contributed by atoms with van der Waals surface area (Å²) in [6.07, 6.45) is 1.38. The van der Waals surface area contributed by atoms with Gasteiger partial charge >= 0.3 is 12.0 Å². The lowest BCUT2D eigenvalue weighted by molar-refractivity contribution is -0.131. The van der Waals surface area contributed by atoms with E-state index in [1.807, 2.05) is 5.32 Å². The van der Waals surface area contributed by atoms with Gasteiger partial charge in [0.05, 0.1) is 5.69 Å². The molecule has 0 spiro atoms. The molecule has 0 unspecified atom stereocenters. The standard InChI is InChI=1S/C9H9N3O4S/c1-5-4-17-9(10-5)12-8(16)11-6(13)2-3-7(14)15/h2-4H,1H3,(H,14,15)(H2,10,11,12,13,16)/b3-2+. The van der Waals surface area contributed by atoms with E-state index in [4.69, 9.17) is 5.11 Å². The number of aliphatic carboxylic acids is 1. The predicted molar refractivity (Wildman–Crippen MR) is 60.8 cm³/mol. The minimum Gasteiger partial charge on any atom is -0.478 e. The van der Waals surface area contributed by atoms with Gasteiger partial charge in [-0.25, -0.2) is 14.6 Å². The van der Waals surface area contributed by atoms with Gasteiger partial charge in [0.2, 0.25) is 0 Å². The Labute approximate surface area is 100 Å². The molecule has 8 heteroatoms. The number of rotatable bonds is 3. The monoisotopic (exact) mass is 255 g/mol.